The normalized spacial score (nSPS) is 10.5. The van der Waals surface area contributed by atoms with Crippen LogP contribution >= 0.6 is 0 Å². The lowest BCUT2D eigenvalue weighted by Gasteiger charge is -2.07. The molecular weight excluding hydrogens is 170 g/mol. The van der Waals surface area contributed by atoms with Crippen LogP contribution < -0.4 is 27.8 Å². The van der Waals surface area contributed by atoms with Crippen molar-refractivity contribution in [2.75, 3.05) is 19.6 Å². The number of nitrogens with one attached hydrogen (secondary N) is 2. The fourth-order valence-corrected chi connectivity index (χ4v) is 0.771. The third-order valence-electron chi connectivity index (χ3n) is 1.44. The maximum Gasteiger partial charge on any atom is 0.221 e. The largest absolute Gasteiger partial charge is 0.356 e. The van der Waals surface area contributed by atoms with Crippen molar-refractivity contribution in [1.29, 1.82) is 0 Å². The van der Waals surface area contributed by atoms with E-state index in [9.17, 15) is 4.79 Å². The number of amides is 1. The zero-order valence-electron chi connectivity index (χ0n) is 7.75. The van der Waals surface area contributed by atoms with Gasteiger partial charge in [0, 0.05) is 19.5 Å². The SMILES string of the molecule is NCCCNC(=O)CCNC(N)N. The molecule has 0 atom stereocenters. The number of rotatable bonds is 7. The van der Waals surface area contributed by atoms with Crippen LogP contribution in [0.2, 0.25) is 0 Å². The summed E-state index contributed by atoms with van der Waals surface area (Å²) in [7, 11) is 0. The first-order valence-electron chi connectivity index (χ1n) is 4.38. The second-order valence-corrected chi connectivity index (χ2v) is 2.72. The molecule has 6 nitrogen and oxygen atoms in total. The third kappa shape index (κ3) is 9.22. The summed E-state index contributed by atoms with van der Waals surface area (Å²) in [5.74, 6) is -0.0124. The van der Waals surface area contributed by atoms with Crippen LogP contribution in [0.5, 0.6) is 0 Å². The lowest BCUT2D eigenvalue weighted by Crippen LogP contribution is -2.46. The van der Waals surface area contributed by atoms with Gasteiger partial charge in [-0.05, 0) is 13.0 Å². The highest BCUT2D eigenvalue weighted by atomic mass is 16.1. The summed E-state index contributed by atoms with van der Waals surface area (Å²) in [6.45, 7) is 1.71. The van der Waals surface area contributed by atoms with Crippen molar-refractivity contribution in [3.8, 4) is 0 Å². The van der Waals surface area contributed by atoms with Gasteiger partial charge in [-0.1, -0.05) is 0 Å². The summed E-state index contributed by atoms with van der Waals surface area (Å²) in [6.07, 6.45) is 0.627. The fourth-order valence-electron chi connectivity index (χ4n) is 0.771. The molecule has 0 saturated carbocycles. The van der Waals surface area contributed by atoms with E-state index in [2.05, 4.69) is 10.6 Å². The second-order valence-electron chi connectivity index (χ2n) is 2.72. The Morgan fingerprint density at radius 1 is 1.31 bits per heavy atom. The van der Waals surface area contributed by atoms with Gasteiger partial charge in [0.25, 0.3) is 0 Å². The highest BCUT2D eigenvalue weighted by molar-refractivity contribution is 5.75. The lowest BCUT2D eigenvalue weighted by molar-refractivity contribution is -0.121. The zero-order valence-corrected chi connectivity index (χ0v) is 7.75. The molecule has 0 aromatic carbocycles. The Morgan fingerprint density at radius 3 is 2.54 bits per heavy atom. The highest BCUT2D eigenvalue weighted by Crippen LogP contribution is 1.78. The Hall–Kier alpha value is -0.690. The number of carbonyl (C=O) groups excluding carboxylic acids is 1. The molecule has 0 aliphatic heterocycles. The molecule has 6 heteroatoms. The van der Waals surface area contributed by atoms with E-state index < -0.39 is 6.29 Å². The summed E-state index contributed by atoms with van der Waals surface area (Å²) >= 11 is 0. The van der Waals surface area contributed by atoms with E-state index in [1.54, 1.807) is 0 Å². The Kier molecular flexibility index (Phi) is 7.51. The number of nitrogens with two attached hydrogens (primary N) is 3. The average Bonchev–Trinajstić information content (AvgIpc) is 2.04. The quantitative estimate of drug-likeness (QED) is 0.226. The Labute approximate surface area is 78.2 Å². The van der Waals surface area contributed by atoms with E-state index in [0.717, 1.165) is 6.42 Å². The van der Waals surface area contributed by atoms with Crippen molar-refractivity contribution in [3.05, 3.63) is 0 Å². The van der Waals surface area contributed by atoms with Gasteiger partial charge in [-0.2, -0.15) is 0 Å². The van der Waals surface area contributed by atoms with Crippen LogP contribution in [-0.4, -0.2) is 31.8 Å². The predicted octanol–water partition coefficient (Wildman–Crippen LogP) is -2.37. The molecule has 0 heterocycles. The minimum absolute atomic E-state index is 0.0124. The van der Waals surface area contributed by atoms with E-state index in [4.69, 9.17) is 17.2 Å². The highest BCUT2D eigenvalue weighted by Gasteiger charge is 1.99. The summed E-state index contributed by atoms with van der Waals surface area (Å²) < 4.78 is 0. The zero-order chi connectivity index (χ0) is 10.1. The van der Waals surface area contributed by atoms with Gasteiger partial charge in [0.15, 0.2) is 0 Å². The molecule has 0 aromatic heterocycles. The number of hydrogen-bond acceptors (Lipinski definition) is 5. The van der Waals surface area contributed by atoms with Gasteiger partial charge in [0.1, 0.15) is 6.29 Å². The Morgan fingerprint density at radius 2 is 2.00 bits per heavy atom. The summed E-state index contributed by atoms with van der Waals surface area (Å²) in [4.78, 5) is 11.0. The van der Waals surface area contributed by atoms with E-state index >= 15 is 0 Å². The van der Waals surface area contributed by atoms with Crippen LogP contribution in [0.1, 0.15) is 12.8 Å². The summed E-state index contributed by atoms with van der Waals surface area (Å²) in [5, 5.41) is 5.45. The van der Waals surface area contributed by atoms with Crippen molar-refractivity contribution in [1.82, 2.24) is 10.6 Å². The molecular formula is C7H19N5O. The molecule has 0 aliphatic carbocycles. The van der Waals surface area contributed by atoms with Crippen molar-refractivity contribution >= 4 is 5.91 Å². The van der Waals surface area contributed by atoms with E-state index in [-0.39, 0.29) is 5.91 Å². The summed E-state index contributed by atoms with van der Waals surface area (Å²) in [5.41, 5.74) is 15.7. The molecule has 0 aliphatic rings. The van der Waals surface area contributed by atoms with Gasteiger partial charge in [-0.15, -0.1) is 0 Å². The van der Waals surface area contributed by atoms with Crippen LogP contribution in [0, 0.1) is 0 Å². The van der Waals surface area contributed by atoms with Crippen LogP contribution in [-0.2, 0) is 4.79 Å². The van der Waals surface area contributed by atoms with Crippen LogP contribution in [0.4, 0.5) is 0 Å². The molecule has 0 radical (unpaired) electrons. The molecule has 0 aromatic rings. The number of hydrogen-bond donors (Lipinski definition) is 5. The molecule has 1 amide bonds. The van der Waals surface area contributed by atoms with Gasteiger partial charge >= 0.3 is 0 Å². The molecule has 0 unspecified atom stereocenters. The first-order chi connectivity index (χ1) is 6.16. The molecule has 0 fully saturated rings. The monoisotopic (exact) mass is 189 g/mol. The third-order valence-corrected chi connectivity index (χ3v) is 1.44. The molecule has 13 heavy (non-hydrogen) atoms. The molecule has 0 saturated heterocycles. The van der Waals surface area contributed by atoms with Gasteiger partial charge in [-0.25, -0.2) is 0 Å². The number of carbonyl (C=O) groups is 1. The van der Waals surface area contributed by atoms with Gasteiger partial charge in [0.05, 0.1) is 0 Å². The van der Waals surface area contributed by atoms with E-state index in [1.165, 1.54) is 0 Å². The van der Waals surface area contributed by atoms with Crippen molar-refractivity contribution < 1.29 is 4.79 Å². The fraction of sp³-hybridized carbons (Fsp3) is 0.857. The topological polar surface area (TPSA) is 119 Å². The molecule has 8 N–H and O–H groups in total. The Balaban J connectivity index is 3.20. The molecule has 78 valence electrons. The smallest absolute Gasteiger partial charge is 0.221 e. The van der Waals surface area contributed by atoms with Crippen LogP contribution in [0.15, 0.2) is 0 Å². The lowest BCUT2D eigenvalue weighted by atomic mass is 10.3. The van der Waals surface area contributed by atoms with Crippen molar-refractivity contribution in [3.63, 3.8) is 0 Å². The van der Waals surface area contributed by atoms with Gasteiger partial charge < -0.3 is 22.5 Å². The first kappa shape index (κ1) is 12.3. The standard InChI is InChI=1S/C7H19N5O/c8-3-1-4-11-6(13)2-5-12-7(9)10/h7,12H,1-5,8-10H2,(H,11,13). The van der Waals surface area contributed by atoms with E-state index in [0.29, 0.717) is 26.1 Å². The van der Waals surface area contributed by atoms with Crippen LogP contribution in [0.3, 0.4) is 0 Å². The Bertz CT molecular complexity index is 139. The summed E-state index contributed by atoms with van der Waals surface area (Å²) in [6, 6.07) is 0. The molecule has 0 rings (SSSR count). The van der Waals surface area contributed by atoms with Gasteiger partial charge in [-0.3, -0.25) is 10.1 Å². The molecule has 0 spiro atoms. The minimum Gasteiger partial charge on any atom is -0.356 e. The van der Waals surface area contributed by atoms with Crippen LogP contribution in [0.25, 0.3) is 0 Å². The maximum absolute atomic E-state index is 11.0. The van der Waals surface area contributed by atoms with Gasteiger partial charge in [0.2, 0.25) is 5.91 Å². The average molecular weight is 189 g/mol. The minimum atomic E-state index is -0.558. The van der Waals surface area contributed by atoms with Crippen molar-refractivity contribution in [2.45, 2.75) is 19.1 Å². The second kappa shape index (κ2) is 7.93. The van der Waals surface area contributed by atoms with Crippen molar-refractivity contribution in [2.24, 2.45) is 17.2 Å². The first-order valence-corrected chi connectivity index (χ1v) is 4.38. The van der Waals surface area contributed by atoms with E-state index in [1.807, 2.05) is 0 Å². The predicted molar refractivity (Wildman–Crippen MR) is 51.5 cm³/mol. The molecule has 0 bridgehead atoms. The maximum atomic E-state index is 11.0.